The molecule has 0 saturated heterocycles. The van der Waals surface area contributed by atoms with E-state index in [1.165, 1.54) is 0 Å². The van der Waals surface area contributed by atoms with E-state index in [2.05, 4.69) is 19.9 Å². The summed E-state index contributed by atoms with van der Waals surface area (Å²) in [6.07, 6.45) is 1.04. The number of benzene rings is 2. The Morgan fingerprint density at radius 1 is 1.09 bits per heavy atom. The van der Waals surface area contributed by atoms with Crippen molar-refractivity contribution in [3.8, 4) is 5.75 Å². The number of hydrogen-bond acceptors (Lipinski definition) is 2. The molecule has 116 valence electrons. The van der Waals surface area contributed by atoms with Gasteiger partial charge in [-0.25, -0.2) is 0 Å². The van der Waals surface area contributed by atoms with Gasteiger partial charge in [0.05, 0.1) is 0 Å². The number of carbonyl (C=O) groups excluding carboxylic acids is 1. The largest absolute Gasteiger partial charge is 0.483 e. The van der Waals surface area contributed by atoms with E-state index in [4.69, 9.17) is 4.74 Å². The summed E-state index contributed by atoms with van der Waals surface area (Å²) in [5.74, 6) is 1.15. The molecule has 1 amide bonds. The van der Waals surface area contributed by atoms with Gasteiger partial charge in [-0.3, -0.25) is 4.79 Å². The van der Waals surface area contributed by atoms with E-state index in [1.54, 1.807) is 11.9 Å². The minimum Gasteiger partial charge on any atom is -0.483 e. The molecular formula is C19H23NO2. The maximum Gasteiger partial charge on any atom is 0.264 e. The van der Waals surface area contributed by atoms with E-state index in [0.717, 1.165) is 23.4 Å². The minimum atomic E-state index is -0.0647. The molecule has 2 aromatic carbocycles. The zero-order valence-corrected chi connectivity index (χ0v) is 13.5. The molecule has 0 saturated carbocycles. The standard InChI is InChI=1S/C19H23NO2/c1-4-15(2)17-12-8-9-13-18(17)22-14-19(21)20(3)16-10-6-5-7-11-16/h5-13,15H,4,14H2,1-3H3. The van der Waals surface area contributed by atoms with Crippen molar-refractivity contribution in [2.45, 2.75) is 26.2 Å². The summed E-state index contributed by atoms with van der Waals surface area (Å²) in [5, 5.41) is 0. The molecule has 0 fully saturated rings. The SMILES string of the molecule is CCC(C)c1ccccc1OCC(=O)N(C)c1ccccc1. The highest BCUT2D eigenvalue weighted by molar-refractivity contribution is 5.93. The lowest BCUT2D eigenvalue weighted by Crippen LogP contribution is -2.31. The minimum absolute atomic E-state index is 0.0405. The Kier molecular flexibility index (Phi) is 5.59. The lowest BCUT2D eigenvalue weighted by molar-refractivity contribution is -0.120. The van der Waals surface area contributed by atoms with Gasteiger partial charge in [-0.15, -0.1) is 0 Å². The number of para-hydroxylation sites is 2. The Hall–Kier alpha value is -2.29. The molecule has 0 aliphatic rings. The summed E-state index contributed by atoms with van der Waals surface area (Å²) in [4.78, 5) is 13.9. The van der Waals surface area contributed by atoms with Gasteiger partial charge in [-0.2, -0.15) is 0 Å². The smallest absolute Gasteiger partial charge is 0.264 e. The average molecular weight is 297 g/mol. The third kappa shape index (κ3) is 3.88. The highest BCUT2D eigenvalue weighted by Crippen LogP contribution is 2.28. The first kappa shape index (κ1) is 16.1. The molecule has 1 atom stereocenters. The number of likely N-dealkylation sites (N-methyl/N-ethyl adjacent to an activating group) is 1. The van der Waals surface area contributed by atoms with E-state index in [-0.39, 0.29) is 12.5 Å². The van der Waals surface area contributed by atoms with E-state index < -0.39 is 0 Å². The second-order valence-corrected chi connectivity index (χ2v) is 5.42. The molecule has 3 nitrogen and oxygen atoms in total. The molecule has 0 aliphatic heterocycles. The molecule has 0 aliphatic carbocycles. The fraction of sp³-hybridized carbons (Fsp3) is 0.316. The quantitative estimate of drug-likeness (QED) is 0.798. The first-order chi connectivity index (χ1) is 10.6. The first-order valence-corrected chi connectivity index (χ1v) is 7.66. The van der Waals surface area contributed by atoms with Gasteiger partial charge in [-0.05, 0) is 36.1 Å². The molecule has 3 heteroatoms. The molecule has 22 heavy (non-hydrogen) atoms. The van der Waals surface area contributed by atoms with Crippen LogP contribution >= 0.6 is 0 Å². The molecule has 0 spiro atoms. The predicted molar refractivity (Wildman–Crippen MR) is 90.5 cm³/mol. The number of ether oxygens (including phenoxy) is 1. The lowest BCUT2D eigenvalue weighted by atomic mass is 9.98. The topological polar surface area (TPSA) is 29.5 Å². The van der Waals surface area contributed by atoms with Gasteiger partial charge in [-0.1, -0.05) is 50.2 Å². The van der Waals surface area contributed by atoms with Crippen LogP contribution in [0.25, 0.3) is 0 Å². The van der Waals surface area contributed by atoms with Gasteiger partial charge in [0.25, 0.3) is 5.91 Å². The monoisotopic (exact) mass is 297 g/mol. The summed E-state index contributed by atoms with van der Waals surface area (Å²) in [6.45, 7) is 4.36. The summed E-state index contributed by atoms with van der Waals surface area (Å²) in [6, 6.07) is 17.5. The van der Waals surface area contributed by atoms with Crippen LogP contribution in [0, 0.1) is 0 Å². The number of hydrogen-bond donors (Lipinski definition) is 0. The van der Waals surface area contributed by atoms with Crippen LogP contribution in [0.4, 0.5) is 5.69 Å². The predicted octanol–water partition coefficient (Wildman–Crippen LogP) is 4.24. The van der Waals surface area contributed by atoms with E-state index in [0.29, 0.717) is 5.92 Å². The van der Waals surface area contributed by atoms with Crippen LogP contribution in [0.5, 0.6) is 5.75 Å². The number of nitrogens with zero attached hydrogens (tertiary/aromatic N) is 1. The first-order valence-electron chi connectivity index (χ1n) is 7.66. The van der Waals surface area contributed by atoms with Gasteiger partial charge in [0, 0.05) is 12.7 Å². The second-order valence-electron chi connectivity index (χ2n) is 5.42. The van der Waals surface area contributed by atoms with Crippen LogP contribution in [0.3, 0.4) is 0 Å². The molecule has 0 N–H and O–H groups in total. The maximum absolute atomic E-state index is 12.3. The molecule has 2 aromatic rings. The number of amides is 1. The fourth-order valence-electron chi connectivity index (χ4n) is 2.27. The van der Waals surface area contributed by atoms with Crippen LogP contribution in [0.2, 0.25) is 0 Å². The van der Waals surface area contributed by atoms with Gasteiger partial charge < -0.3 is 9.64 Å². The van der Waals surface area contributed by atoms with Crippen LogP contribution in [0.15, 0.2) is 54.6 Å². The molecule has 1 unspecified atom stereocenters. The van der Waals surface area contributed by atoms with Crippen molar-refractivity contribution in [1.82, 2.24) is 0 Å². The highest BCUT2D eigenvalue weighted by atomic mass is 16.5. The van der Waals surface area contributed by atoms with Gasteiger partial charge >= 0.3 is 0 Å². The third-order valence-corrected chi connectivity index (χ3v) is 3.93. The molecule has 0 radical (unpaired) electrons. The van der Waals surface area contributed by atoms with E-state index in [1.807, 2.05) is 48.5 Å². The molecule has 0 aromatic heterocycles. The lowest BCUT2D eigenvalue weighted by Gasteiger charge is -2.19. The molecular weight excluding hydrogens is 274 g/mol. The summed E-state index contributed by atoms with van der Waals surface area (Å²) < 4.78 is 5.77. The van der Waals surface area contributed by atoms with Crippen LogP contribution in [0.1, 0.15) is 31.7 Å². The summed E-state index contributed by atoms with van der Waals surface area (Å²) >= 11 is 0. The van der Waals surface area contributed by atoms with E-state index >= 15 is 0 Å². The second kappa shape index (κ2) is 7.64. The van der Waals surface area contributed by atoms with Crippen molar-refractivity contribution < 1.29 is 9.53 Å². The highest BCUT2D eigenvalue weighted by Gasteiger charge is 2.14. The van der Waals surface area contributed by atoms with Gasteiger partial charge in [0.2, 0.25) is 0 Å². The fourth-order valence-corrected chi connectivity index (χ4v) is 2.27. The van der Waals surface area contributed by atoms with Crippen molar-refractivity contribution in [1.29, 1.82) is 0 Å². The van der Waals surface area contributed by atoms with Crippen molar-refractivity contribution in [2.75, 3.05) is 18.6 Å². The van der Waals surface area contributed by atoms with Gasteiger partial charge in [0.15, 0.2) is 6.61 Å². The Balaban J connectivity index is 2.03. The maximum atomic E-state index is 12.3. The molecule has 0 bridgehead atoms. The van der Waals surface area contributed by atoms with Crippen LogP contribution in [-0.2, 0) is 4.79 Å². The van der Waals surface area contributed by atoms with Gasteiger partial charge in [0.1, 0.15) is 5.75 Å². The molecule has 2 rings (SSSR count). The Bertz CT molecular complexity index is 610. The normalized spacial score (nSPS) is 11.8. The Morgan fingerprint density at radius 3 is 2.41 bits per heavy atom. The van der Waals surface area contributed by atoms with Crippen molar-refractivity contribution in [3.63, 3.8) is 0 Å². The van der Waals surface area contributed by atoms with E-state index in [9.17, 15) is 4.79 Å². The molecule has 0 heterocycles. The summed E-state index contributed by atoms with van der Waals surface area (Å²) in [5.41, 5.74) is 2.02. The number of anilines is 1. The van der Waals surface area contributed by atoms with Crippen molar-refractivity contribution >= 4 is 11.6 Å². The Morgan fingerprint density at radius 2 is 1.73 bits per heavy atom. The van der Waals surface area contributed by atoms with Crippen LogP contribution in [-0.4, -0.2) is 19.6 Å². The third-order valence-electron chi connectivity index (χ3n) is 3.93. The zero-order chi connectivity index (χ0) is 15.9. The van der Waals surface area contributed by atoms with Crippen LogP contribution < -0.4 is 9.64 Å². The Labute approximate surface area is 132 Å². The van der Waals surface area contributed by atoms with Crippen molar-refractivity contribution in [3.05, 3.63) is 60.2 Å². The van der Waals surface area contributed by atoms with Crippen molar-refractivity contribution in [2.24, 2.45) is 0 Å². The zero-order valence-electron chi connectivity index (χ0n) is 13.5. The number of carbonyl (C=O) groups is 1. The average Bonchev–Trinajstić information content (AvgIpc) is 2.59. The number of rotatable bonds is 6. The summed E-state index contributed by atoms with van der Waals surface area (Å²) in [7, 11) is 1.77.